The predicted octanol–water partition coefficient (Wildman–Crippen LogP) is 2.37. The van der Waals surface area contributed by atoms with Crippen LogP contribution in [0.2, 0.25) is 0 Å². The minimum atomic E-state index is 0.605. The third-order valence-electron chi connectivity index (χ3n) is 3.29. The Morgan fingerprint density at radius 2 is 2.18 bits per heavy atom. The average Bonchev–Trinajstić information content (AvgIpc) is 2.74. The van der Waals surface area contributed by atoms with Crippen LogP contribution in [-0.4, -0.2) is 33.8 Å². The molecule has 0 fully saturated rings. The molecule has 98 valence electrons. The predicted molar refractivity (Wildman–Crippen MR) is 72.9 cm³/mol. The SMILES string of the molecule is CCCCN(CCn1ccc(N)n1)C(C)CC. The van der Waals surface area contributed by atoms with Gasteiger partial charge in [0.2, 0.25) is 0 Å². The second-order valence-corrected chi connectivity index (χ2v) is 4.65. The normalized spacial score (nSPS) is 13.2. The molecular formula is C13H26N4. The summed E-state index contributed by atoms with van der Waals surface area (Å²) < 4.78 is 1.93. The maximum atomic E-state index is 5.61. The van der Waals surface area contributed by atoms with E-state index in [9.17, 15) is 0 Å². The number of aromatic nitrogens is 2. The third-order valence-corrected chi connectivity index (χ3v) is 3.29. The molecule has 1 atom stereocenters. The molecule has 0 aromatic carbocycles. The van der Waals surface area contributed by atoms with Crippen molar-refractivity contribution in [3.8, 4) is 0 Å². The van der Waals surface area contributed by atoms with E-state index in [4.69, 9.17) is 5.73 Å². The summed E-state index contributed by atoms with van der Waals surface area (Å²) in [5, 5.41) is 4.22. The first-order chi connectivity index (χ1) is 8.17. The van der Waals surface area contributed by atoms with Gasteiger partial charge in [-0.2, -0.15) is 5.10 Å². The minimum Gasteiger partial charge on any atom is -0.382 e. The van der Waals surface area contributed by atoms with E-state index < -0.39 is 0 Å². The van der Waals surface area contributed by atoms with Crippen LogP contribution in [0.5, 0.6) is 0 Å². The van der Waals surface area contributed by atoms with Gasteiger partial charge >= 0.3 is 0 Å². The molecule has 1 aromatic rings. The standard InChI is InChI=1S/C13H26N4/c1-4-6-8-16(12(3)5-2)10-11-17-9-7-13(14)15-17/h7,9,12H,4-6,8,10-11H2,1-3H3,(H2,14,15). The van der Waals surface area contributed by atoms with Crippen LogP contribution in [0, 0.1) is 0 Å². The largest absolute Gasteiger partial charge is 0.382 e. The summed E-state index contributed by atoms with van der Waals surface area (Å²) in [4.78, 5) is 2.54. The molecule has 0 aliphatic carbocycles. The van der Waals surface area contributed by atoms with Gasteiger partial charge in [0, 0.05) is 18.8 Å². The first-order valence-electron chi connectivity index (χ1n) is 6.70. The highest BCUT2D eigenvalue weighted by Crippen LogP contribution is 2.06. The highest BCUT2D eigenvalue weighted by atomic mass is 15.3. The quantitative estimate of drug-likeness (QED) is 0.756. The molecule has 1 unspecified atom stereocenters. The summed E-state index contributed by atoms with van der Waals surface area (Å²) in [5.74, 6) is 0.605. The highest BCUT2D eigenvalue weighted by molar-refractivity contribution is 5.23. The van der Waals surface area contributed by atoms with Crippen LogP contribution < -0.4 is 5.73 Å². The van der Waals surface area contributed by atoms with E-state index in [0.29, 0.717) is 11.9 Å². The number of anilines is 1. The molecule has 2 N–H and O–H groups in total. The van der Waals surface area contributed by atoms with Gasteiger partial charge in [0.1, 0.15) is 5.82 Å². The van der Waals surface area contributed by atoms with E-state index in [1.54, 1.807) is 0 Å². The van der Waals surface area contributed by atoms with E-state index >= 15 is 0 Å². The number of nitrogens with two attached hydrogens (primary N) is 1. The van der Waals surface area contributed by atoms with E-state index in [2.05, 4.69) is 30.8 Å². The Morgan fingerprint density at radius 1 is 1.41 bits per heavy atom. The van der Waals surface area contributed by atoms with Gasteiger partial charge in [0.05, 0.1) is 6.54 Å². The molecule has 0 aliphatic rings. The zero-order chi connectivity index (χ0) is 12.7. The molecule has 0 amide bonds. The van der Waals surface area contributed by atoms with Crippen molar-refractivity contribution in [2.75, 3.05) is 18.8 Å². The topological polar surface area (TPSA) is 47.1 Å². The Kier molecular flexibility index (Phi) is 6.05. The number of rotatable bonds is 8. The van der Waals surface area contributed by atoms with Crippen molar-refractivity contribution in [2.45, 2.75) is 52.6 Å². The Labute approximate surface area is 105 Å². The van der Waals surface area contributed by atoms with Gasteiger partial charge in [-0.1, -0.05) is 20.3 Å². The van der Waals surface area contributed by atoms with Crippen molar-refractivity contribution in [3.05, 3.63) is 12.3 Å². The Bertz CT molecular complexity index is 308. The number of nitrogen functional groups attached to an aromatic ring is 1. The first kappa shape index (κ1) is 14.0. The first-order valence-corrected chi connectivity index (χ1v) is 6.70. The summed E-state index contributed by atoms with van der Waals surface area (Å²) in [6.45, 7) is 9.94. The molecular weight excluding hydrogens is 212 g/mol. The van der Waals surface area contributed by atoms with E-state index in [1.807, 2.05) is 16.9 Å². The molecule has 1 heterocycles. The molecule has 1 rings (SSSR count). The maximum absolute atomic E-state index is 5.61. The molecule has 0 radical (unpaired) electrons. The van der Waals surface area contributed by atoms with Gasteiger partial charge in [-0.3, -0.25) is 9.58 Å². The average molecular weight is 238 g/mol. The Morgan fingerprint density at radius 3 is 2.71 bits per heavy atom. The lowest BCUT2D eigenvalue weighted by Gasteiger charge is -2.28. The summed E-state index contributed by atoms with van der Waals surface area (Å²) in [6.07, 6.45) is 5.67. The van der Waals surface area contributed by atoms with Crippen LogP contribution >= 0.6 is 0 Å². The third kappa shape index (κ3) is 4.77. The molecule has 1 aromatic heterocycles. The fraction of sp³-hybridized carbons (Fsp3) is 0.769. The molecule has 0 aliphatic heterocycles. The van der Waals surface area contributed by atoms with Crippen LogP contribution in [0.4, 0.5) is 5.82 Å². The second-order valence-electron chi connectivity index (χ2n) is 4.65. The van der Waals surface area contributed by atoms with Crippen molar-refractivity contribution in [2.24, 2.45) is 0 Å². The second kappa shape index (κ2) is 7.33. The number of nitrogens with zero attached hydrogens (tertiary/aromatic N) is 3. The van der Waals surface area contributed by atoms with Gasteiger partial charge in [0.15, 0.2) is 0 Å². The number of unbranched alkanes of at least 4 members (excludes halogenated alkanes) is 1. The number of hydrogen-bond acceptors (Lipinski definition) is 3. The molecule has 4 heteroatoms. The van der Waals surface area contributed by atoms with Gasteiger partial charge in [-0.25, -0.2) is 0 Å². The lowest BCUT2D eigenvalue weighted by molar-refractivity contribution is 0.191. The van der Waals surface area contributed by atoms with Gasteiger partial charge < -0.3 is 5.73 Å². The van der Waals surface area contributed by atoms with Crippen molar-refractivity contribution in [1.82, 2.24) is 14.7 Å². The summed E-state index contributed by atoms with van der Waals surface area (Å²) in [5.41, 5.74) is 5.61. The summed E-state index contributed by atoms with van der Waals surface area (Å²) >= 11 is 0. The lowest BCUT2D eigenvalue weighted by Crippen LogP contribution is -2.36. The fourth-order valence-electron chi connectivity index (χ4n) is 1.90. The van der Waals surface area contributed by atoms with Gasteiger partial charge in [-0.05, 0) is 32.4 Å². The van der Waals surface area contributed by atoms with Crippen LogP contribution in [-0.2, 0) is 6.54 Å². The van der Waals surface area contributed by atoms with Crippen LogP contribution in [0.25, 0.3) is 0 Å². The van der Waals surface area contributed by atoms with E-state index in [0.717, 1.165) is 13.1 Å². The van der Waals surface area contributed by atoms with E-state index in [-0.39, 0.29) is 0 Å². The van der Waals surface area contributed by atoms with Crippen LogP contribution in [0.1, 0.15) is 40.0 Å². The van der Waals surface area contributed by atoms with E-state index in [1.165, 1.54) is 25.8 Å². The lowest BCUT2D eigenvalue weighted by atomic mass is 10.2. The highest BCUT2D eigenvalue weighted by Gasteiger charge is 2.11. The molecule has 0 bridgehead atoms. The van der Waals surface area contributed by atoms with Crippen molar-refractivity contribution in [3.63, 3.8) is 0 Å². The van der Waals surface area contributed by atoms with Crippen LogP contribution in [0.3, 0.4) is 0 Å². The zero-order valence-electron chi connectivity index (χ0n) is 11.4. The van der Waals surface area contributed by atoms with Crippen molar-refractivity contribution in [1.29, 1.82) is 0 Å². The molecule has 0 saturated heterocycles. The smallest absolute Gasteiger partial charge is 0.145 e. The molecule has 0 spiro atoms. The Balaban J connectivity index is 2.42. The van der Waals surface area contributed by atoms with Crippen molar-refractivity contribution < 1.29 is 0 Å². The summed E-state index contributed by atoms with van der Waals surface area (Å²) in [6, 6.07) is 2.49. The van der Waals surface area contributed by atoms with Gasteiger partial charge in [-0.15, -0.1) is 0 Å². The Hall–Kier alpha value is -1.03. The molecule has 17 heavy (non-hydrogen) atoms. The van der Waals surface area contributed by atoms with Crippen molar-refractivity contribution >= 4 is 5.82 Å². The zero-order valence-corrected chi connectivity index (χ0v) is 11.4. The monoisotopic (exact) mass is 238 g/mol. The fourth-order valence-corrected chi connectivity index (χ4v) is 1.90. The van der Waals surface area contributed by atoms with Crippen LogP contribution in [0.15, 0.2) is 12.3 Å². The number of hydrogen-bond donors (Lipinski definition) is 1. The van der Waals surface area contributed by atoms with Gasteiger partial charge in [0.25, 0.3) is 0 Å². The maximum Gasteiger partial charge on any atom is 0.145 e. The summed E-state index contributed by atoms with van der Waals surface area (Å²) in [7, 11) is 0. The molecule has 0 saturated carbocycles. The molecule has 4 nitrogen and oxygen atoms in total. The minimum absolute atomic E-state index is 0.605.